The molecule has 0 saturated carbocycles. The lowest BCUT2D eigenvalue weighted by molar-refractivity contribution is -0.117. The zero-order chi connectivity index (χ0) is 27.0. The van der Waals surface area contributed by atoms with Gasteiger partial charge in [-0.25, -0.2) is 0 Å². The molecule has 3 rings (SSSR count). The summed E-state index contributed by atoms with van der Waals surface area (Å²) in [6, 6.07) is 7.86. The molecule has 186 valence electrons. The number of ketones is 1. The topological polar surface area (TPSA) is 107 Å². The van der Waals surface area contributed by atoms with Gasteiger partial charge in [-0.05, 0) is 135 Å². The minimum atomic E-state index is -1.36. The van der Waals surface area contributed by atoms with Crippen LogP contribution in [0.5, 0.6) is 0 Å². The van der Waals surface area contributed by atoms with E-state index in [9.17, 15) is 4.79 Å². The van der Waals surface area contributed by atoms with Crippen molar-refractivity contribution in [1.29, 1.82) is 5.26 Å². The minimum Gasteiger partial charge on any atom is -0.423 e. The van der Waals surface area contributed by atoms with Crippen molar-refractivity contribution in [1.82, 2.24) is 5.16 Å². The largest absolute Gasteiger partial charge is 0.488 e. The molecule has 3 aromatic rings. The lowest BCUT2D eigenvalue weighted by Crippen LogP contribution is -2.33. The first-order valence-electron chi connectivity index (χ1n) is 11.2. The van der Waals surface area contributed by atoms with E-state index in [0.717, 1.165) is 42.7 Å². The third-order valence-electron chi connectivity index (χ3n) is 6.22. The average Bonchev–Trinajstić information content (AvgIpc) is 3.16. The zero-order valence-corrected chi connectivity index (χ0v) is 24.1. The molecule has 1 aromatic heterocycles. The van der Waals surface area contributed by atoms with Crippen molar-refractivity contribution < 1.29 is 19.4 Å². The van der Waals surface area contributed by atoms with Gasteiger partial charge in [0.1, 0.15) is 11.7 Å². The highest BCUT2D eigenvalue weighted by atomic mass is 127. The van der Waals surface area contributed by atoms with E-state index in [-0.39, 0.29) is 5.78 Å². The fraction of sp³-hybridized carbons (Fsp3) is 0.370. The van der Waals surface area contributed by atoms with Crippen molar-refractivity contribution in [3.8, 4) is 6.07 Å². The molecule has 0 spiro atoms. The third-order valence-corrected chi connectivity index (χ3v) is 7.26. The highest BCUT2D eigenvalue weighted by molar-refractivity contribution is 14.1. The summed E-state index contributed by atoms with van der Waals surface area (Å²) in [5.41, 5.74) is 9.22. The number of nitriles is 1. The Balaban J connectivity index is 0.000000278. The van der Waals surface area contributed by atoms with Gasteiger partial charge in [-0.3, -0.25) is 4.79 Å². The highest BCUT2D eigenvalue weighted by Gasteiger charge is 2.18. The molecule has 0 aliphatic carbocycles. The molecule has 8 heteroatoms. The first-order chi connectivity index (χ1) is 16.2. The van der Waals surface area contributed by atoms with E-state index >= 15 is 0 Å². The lowest BCUT2D eigenvalue weighted by Gasteiger charge is -2.13. The predicted molar refractivity (Wildman–Crippen MR) is 149 cm³/mol. The van der Waals surface area contributed by atoms with Gasteiger partial charge in [-0.1, -0.05) is 23.4 Å². The summed E-state index contributed by atoms with van der Waals surface area (Å²) in [6.07, 6.45) is 1.69. The van der Waals surface area contributed by atoms with Crippen LogP contribution in [-0.4, -0.2) is 28.1 Å². The maximum Gasteiger partial charge on any atom is 0.488 e. The molecule has 1 heterocycles. The first-order valence-corrected chi connectivity index (χ1v) is 12.3. The van der Waals surface area contributed by atoms with Gasteiger partial charge in [0.25, 0.3) is 0 Å². The molecule has 2 aromatic carbocycles. The van der Waals surface area contributed by atoms with Crippen LogP contribution in [0, 0.1) is 70.3 Å². The molecule has 0 aliphatic heterocycles. The smallest absolute Gasteiger partial charge is 0.423 e. The van der Waals surface area contributed by atoms with Crippen LogP contribution in [0.15, 0.2) is 28.9 Å². The van der Waals surface area contributed by atoms with E-state index in [1.807, 2.05) is 73.6 Å². The van der Waals surface area contributed by atoms with Gasteiger partial charge in [0, 0.05) is 0 Å². The maximum atomic E-state index is 11.3. The standard InChI is InChI=1S/C13H15NO.C10H15BO2.C4H4INO/c1-8-5-10(3)12(6-9(8)2)13(7-14)11(4)15;1-6-5-10(11(12)13)9(4)8(3)7(6)2;1-3-4(5)2-6-7-3/h5-6,13H,1-4H3;5,12-13H,1-4H3;2H,1H3. The van der Waals surface area contributed by atoms with Gasteiger partial charge in [0.15, 0.2) is 5.78 Å². The van der Waals surface area contributed by atoms with E-state index in [4.69, 9.17) is 19.8 Å². The van der Waals surface area contributed by atoms with E-state index in [1.54, 1.807) is 6.20 Å². The van der Waals surface area contributed by atoms with Crippen molar-refractivity contribution in [2.45, 2.75) is 68.2 Å². The van der Waals surface area contributed by atoms with E-state index in [2.05, 4.69) is 33.8 Å². The summed E-state index contributed by atoms with van der Waals surface area (Å²) >= 11 is 2.16. The Morgan fingerprint density at radius 1 is 0.943 bits per heavy atom. The second kappa shape index (κ2) is 13.6. The molecule has 1 unspecified atom stereocenters. The molecule has 0 bridgehead atoms. The number of aryl methyl sites for hydroxylation is 5. The number of hydrogen-bond acceptors (Lipinski definition) is 6. The molecule has 0 saturated heterocycles. The number of nitrogens with zero attached hydrogens (tertiary/aromatic N) is 2. The fourth-order valence-electron chi connectivity index (χ4n) is 3.47. The van der Waals surface area contributed by atoms with Crippen molar-refractivity contribution in [2.24, 2.45) is 0 Å². The van der Waals surface area contributed by atoms with Crippen LogP contribution in [0.4, 0.5) is 0 Å². The Kier molecular flexibility index (Phi) is 11.8. The van der Waals surface area contributed by atoms with Gasteiger partial charge in [-0.2, -0.15) is 5.26 Å². The quantitative estimate of drug-likeness (QED) is 0.330. The van der Waals surface area contributed by atoms with Crippen LogP contribution in [0.2, 0.25) is 0 Å². The second-order valence-corrected chi connectivity index (χ2v) is 9.89. The molecule has 35 heavy (non-hydrogen) atoms. The highest BCUT2D eigenvalue weighted by Crippen LogP contribution is 2.23. The van der Waals surface area contributed by atoms with Gasteiger partial charge >= 0.3 is 7.12 Å². The SMILES string of the molecule is CC(=O)C(C#N)c1cc(C)c(C)cc1C.Cc1cc(B(O)O)c(C)c(C)c1C.Cc1oncc1I. The number of hydrogen-bond donors (Lipinski definition) is 2. The number of aromatic nitrogens is 1. The summed E-state index contributed by atoms with van der Waals surface area (Å²) in [5, 5.41) is 30.7. The Labute approximate surface area is 222 Å². The predicted octanol–water partition coefficient (Wildman–Crippen LogP) is 5.00. The van der Waals surface area contributed by atoms with Crippen LogP contribution in [0.3, 0.4) is 0 Å². The Hall–Kier alpha value is -2.48. The summed E-state index contributed by atoms with van der Waals surface area (Å²) in [5.74, 6) is 0.175. The minimum absolute atomic E-state index is 0.0937. The third kappa shape index (κ3) is 8.30. The summed E-state index contributed by atoms with van der Waals surface area (Å²) in [4.78, 5) is 11.3. The van der Waals surface area contributed by atoms with E-state index in [0.29, 0.717) is 5.46 Å². The maximum absolute atomic E-state index is 11.3. The van der Waals surface area contributed by atoms with Crippen LogP contribution in [-0.2, 0) is 4.79 Å². The molecular weight excluding hydrogens is 554 g/mol. The number of rotatable bonds is 3. The van der Waals surface area contributed by atoms with Gasteiger partial charge in [-0.15, -0.1) is 0 Å². The zero-order valence-electron chi connectivity index (χ0n) is 21.9. The lowest BCUT2D eigenvalue weighted by atomic mass is 9.74. The second-order valence-electron chi connectivity index (χ2n) is 8.73. The monoisotopic (exact) mass is 588 g/mol. The Morgan fingerprint density at radius 3 is 1.91 bits per heavy atom. The molecule has 1 atom stereocenters. The van der Waals surface area contributed by atoms with Crippen molar-refractivity contribution in [3.05, 3.63) is 78.2 Å². The van der Waals surface area contributed by atoms with Crippen molar-refractivity contribution in [2.75, 3.05) is 0 Å². The summed E-state index contributed by atoms with van der Waals surface area (Å²) in [7, 11) is -1.36. The summed E-state index contributed by atoms with van der Waals surface area (Å²) < 4.78 is 5.79. The molecular formula is C27H34BIN2O4. The van der Waals surface area contributed by atoms with Crippen LogP contribution < -0.4 is 5.46 Å². The van der Waals surface area contributed by atoms with Crippen molar-refractivity contribution >= 4 is 41.0 Å². The molecule has 0 fully saturated rings. The van der Waals surface area contributed by atoms with E-state index in [1.165, 1.54) is 18.1 Å². The first kappa shape index (κ1) is 30.6. The van der Waals surface area contributed by atoms with Crippen LogP contribution in [0.1, 0.15) is 63.1 Å². The van der Waals surface area contributed by atoms with Gasteiger partial charge in [0.05, 0.1) is 15.8 Å². The number of benzene rings is 2. The normalized spacial score (nSPS) is 10.8. The Morgan fingerprint density at radius 2 is 1.51 bits per heavy atom. The molecule has 6 nitrogen and oxygen atoms in total. The molecule has 0 radical (unpaired) electrons. The number of halogens is 1. The molecule has 2 N–H and O–H groups in total. The number of carbonyl (C=O) groups excluding carboxylic acids is 1. The average molecular weight is 588 g/mol. The number of Topliss-reactive ketones (excluding diaryl/α,β-unsaturated/α-hetero) is 1. The fourth-order valence-corrected chi connectivity index (χ4v) is 3.68. The van der Waals surface area contributed by atoms with Gasteiger partial charge < -0.3 is 14.6 Å². The Bertz CT molecular complexity index is 1210. The van der Waals surface area contributed by atoms with E-state index < -0.39 is 13.0 Å². The number of carbonyl (C=O) groups is 1. The van der Waals surface area contributed by atoms with Crippen LogP contribution in [0.25, 0.3) is 0 Å². The molecule has 0 aliphatic rings. The summed E-state index contributed by atoms with van der Waals surface area (Å²) in [6.45, 7) is 17.2. The van der Waals surface area contributed by atoms with Crippen molar-refractivity contribution in [3.63, 3.8) is 0 Å². The van der Waals surface area contributed by atoms with Crippen LogP contribution >= 0.6 is 22.6 Å². The van der Waals surface area contributed by atoms with Gasteiger partial charge in [0.2, 0.25) is 0 Å². The molecule has 0 amide bonds.